The number of benzene rings is 3. The van der Waals surface area contributed by atoms with E-state index in [-0.39, 0.29) is 41.3 Å². The highest BCUT2D eigenvalue weighted by Gasteiger charge is 2.40. The Labute approximate surface area is 193 Å². The van der Waals surface area contributed by atoms with Crippen LogP contribution in [0.25, 0.3) is 10.8 Å². The van der Waals surface area contributed by atoms with Crippen LogP contribution in [0.1, 0.15) is 36.3 Å². The SMILES string of the molecule is C[n+]1c(C=Nc2c(O)ccc3ccccc23)sc2c1C(=O)c1ccccc1C2=O.[I-]. The average molecular weight is 526 g/mol. The largest absolute Gasteiger partial charge is 1.00 e. The van der Waals surface area contributed by atoms with Crippen molar-refractivity contribution in [3.05, 3.63) is 87.4 Å². The van der Waals surface area contributed by atoms with E-state index in [1.165, 1.54) is 11.3 Å². The molecule has 0 spiro atoms. The minimum Gasteiger partial charge on any atom is -1.00 e. The minimum absolute atomic E-state index is 0. The molecular weight excluding hydrogens is 511 g/mol. The smallest absolute Gasteiger partial charge is 0.281 e. The second kappa shape index (κ2) is 7.73. The first kappa shape index (κ1) is 20.4. The van der Waals surface area contributed by atoms with E-state index in [4.69, 9.17) is 0 Å². The van der Waals surface area contributed by atoms with Gasteiger partial charge in [-0.3, -0.25) is 9.59 Å². The van der Waals surface area contributed by atoms with Crippen LogP contribution in [0.4, 0.5) is 5.69 Å². The first-order valence-corrected chi connectivity index (χ1v) is 9.84. The summed E-state index contributed by atoms with van der Waals surface area (Å²) >= 11 is 1.23. The second-order valence-electron chi connectivity index (χ2n) is 6.79. The molecule has 7 heteroatoms. The number of hydrogen-bond donors (Lipinski definition) is 1. The summed E-state index contributed by atoms with van der Waals surface area (Å²) in [6.07, 6.45) is 1.59. The van der Waals surface area contributed by atoms with E-state index in [2.05, 4.69) is 4.99 Å². The summed E-state index contributed by atoms with van der Waals surface area (Å²) in [5.74, 6) is -0.242. The van der Waals surface area contributed by atoms with Crippen LogP contribution < -0.4 is 28.5 Å². The van der Waals surface area contributed by atoms with Gasteiger partial charge in [0.1, 0.15) is 24.7 Å². The third-order valence-corrected chi connectivity index (χ3v) is 6.28. The van der Waals surface area contributed by atoms with Gasteiger partial charge in [-0.1, -0.05) is 65.9 Å². The number of fused-ring (bicyclic) bond motifs is 3. The number of aromatic nitrogens is 1. The van der Waals surface area contributed by atoms with Gasteiger partial charge >= 0.3 is 0 Å². The first-order chi connectivity index (χ1) is 14.1. The Morgan fingerprint density at radius 2 is 1.60 bits per heavy atom. The van der Waals surface area contributed by atoms with Crippen LogP contribution in [-0.4, -0.2) is 22.9 Å². The van der Waals surface area contributed by atoms with E-state index < -0.39 is 0 Å². The Hall–Kier alpha value is -2.91. The quantitative estimate of drug-likeness (QED) is 0.212. The fourth-order valence-electron chi connectivity index (χ4n) is 3.63. The zero-order valence-corrected chi connectivity index (χ0v) is 18.8. The van der Waals surface area contributed by atoms with Crippen LogP contribution in [0.15, 0.2) is 65.7 Å². The molecule has 0 fully saturated rings. The molecule has 0 saturated heterocycles. The van der Waals surface area contributed by atoms with Crippen molar-refractivity contribution in [2.45, 2.75) is 0 Å². The Bertz CT molecular complexity index is 1370. The maximum atomic E-state index is 12.9. The Morgan fingerprint density at radius 1 is 0.933 bits per heavy atom. The van der Waals surface area contributed by atoms with Crippen molar-refractivity contribution in [1.82, 2.24) is 0 Å². The normalized spacial score (nSPS) is 12.7. The molecular formula is C23H15IN2O3S. The van der Waals surface area contributed by atoms with E-state index in [1.54, 1.807) is 48.2 Å². The Morgan fingerprint density at radius 3 is 2.37 bits per heavy atom. The fraction of sp³-hybridized carbons (Fsp3) is 0.0435. The third-order valence-electron chi connectivity index (χ3n) is 5.11. The van der Waals surface area contributed by atoms with Gasteiger partial charge in [-0.15, -0.1) is 0 Å². The summed E-state index contributed by atoms with van der Waals surface area (Å²) in [4.78, 5) is 30.7. The summed E-state index contributed by atoms with van der Waals surface area (Å²) in [5, 5.41) is 12.7. The Kier molecular flexibility index (Phi) is 5.25. The van der Waals surface area contributed by atoms with Gasteiger partial charge in [0, 0.05) is 16.5 Å². The monoisotopic (exact) mass is 526 g/mol. The zero-order chi connectivity index (χ0) is 20.1. The number of carbonyl (C=O) groups is 2. The van der Waals surface area contributed by atoms with E-state index in [0.717, 1.165) is 10.8 Å². The van der Waals surface area contributed by atoms with Gasteiger partial charge in [0.25, 0.3) is 16.5 Å². The van der Waals surface area contributed by atoms with Gasteiger partial charge in [-0.25, -0.2) is 4.99 Å². The lowest BCUT2D eigenvalue weighted by Crippen LogP contribution is -3.00. The van der Waals surface area contributed by atoms with Gasteiger partial charge in [0.15, 0.2) is 4.88 Å². The number of thiazole rings is 1. The number of phenolic OH excluding ortho intramolecular Hbond substituents is 1. The summed E-state index contributed by atoms with van der Waals surface area (Å²) < 4.78 is 1.70. The van der Waals surface area contributed by atoms with Crippen molar-refractivity contribution in [2.75, 3.05) is 0 Å². The van der Waals surface area contributed by atoms with Crippen LogP contribution in [0.3, 0.4) is 0 Å². The van der Waals surface area contributed by atoms with Crippen LogP contribution in [-0.2, 0) is 7.05 Å². The van der Waals surface area contributed by atoms with Gasteiger partial charge in [-0.2, -0.15) is 4.57 Å². The van der Waals surface area contributed by atoms with Gasteiger partial charge in [0.2, 0.25) is 5.78 Å². The number of ketones is 2. The van der Waals surface area contributed by atoms with Crippen molar-refractivity contribution in [3.63, 3.8) is 0 Å². The highest BCUT2D eigenvalue weighted by atomic mass is 127. The summed E-state index contributed by atoms with van der Waals surface area (Å²) in [6.45, 7) is 0. The molecule has 0 saturated carbocycles. The molecule has 0 unspecified atom stereocenters. The number of carbonyl (C=O) groups excluding carboxylic acids is 2. The maximum absolute atomic E-state index is 12.9. The topological polar surface area (TPSA) is 70.6 Å². The number of halogens is 1. The fourth-order valence-corrected chi connectivity index (χ4v) is 4.71. The summed E-state index contributed by atoms with van der Waals surface area (Å²) in [5.41, 5.74) is 1.69. The molecule has 1 aliphatic carbocycles. The standard InChI is InChI=1S/C23H14N2O3S.HI/c1-25-18(12-24-19-14-7-3-2-6-13(14)10-11-17(19)26)29-23-20(25)21(27)15-8-4-5-9-16(15)22(23)28;/h2-12H,1H3;1H. The molecule has 5 nitrogen and oxygen atoms in total. The van der Waals surface area contributed by atoms with Crippen LogP contribution in [0.2, 0.25) is 0 Å². The lowest BCUT2D eigenvalue weighted by molar-refractivity contribution is -0.669. The predicted molar refractivity (Wildman–Crippen MR) is 112 cm³/mol. The van der Waals surface area contributed by atoms with Gasteiger partial charge in [0.05, 0.1) is 0 Å². The van der Waals surface area contributed by atoms with Crippen LogP contribution in [0.5, 0.6) is 5.75 Å². The van der Waals surface area contributed by atoms with Crippen molar-refractivity contribution in [2.24, 2.45) is 12.0 Å². The molecule has 4 aromatic rings. The molecule has 0 bridgehead atoms. The van der Waals surface area contributed by atoms with Crippen LogP contribution in [0, 0.1) is 0 Å². The molecule has 1 N–H and O–H groups in total. The molecule has 5 rings (SSSR count). The third kappa shape index (κ3) is 3.05. The highest BCUT2D eigenvalue weighted by Crippen LogP contribution is 2.35. The van der Waals surface area contributed by atoms with Crippen molar-refractivity contribution >= 4 is 45.6 Å². The average Bonchev–Trinajstić information content (AvgIpc) is 3.08. The second-order valence-corrected chi connectivity index (χ2v) is 7.82. The number of aromatic hydroxyl groups is 1. The van der Waals surface area contributed by atoms with E-state index in [0.29, 0.717) is 32.4 Å². The van der Waals surface area contributed by atoms with Crippen molar-refractivity contribution < 1.29 is 43.2 Å². The molecule has 1 aromatic heterocycles. The lowest BCUT2D eigenvalue weighted by atomic mass is 9.91. The molecule has 0 atom stereocenters. The molecule has 3 aromatic carbocycles. The molecule has 1 aliphatic rings. The van der Waals surface area contributed by atoms with Gasteiger partial charge in [-0.05, 0) is 11.5 Å². The maximum Gasteiger partial charge on any atom is 0.281 e. The Balaban J connectivity index is 0.00000218. The molecule has 30 heavy (non-hydrogen) atoms. The summed E-state index contributed by atoms with van der Waals surface area (Å²) in [6, 6.07) is 18.0. The number of rotatable bonds is 2. The van der Waals surface area contributed by atoms with E-state index >= 15 is 0 Å². The minimum atomic E-state index is -0.165. The van der Waals surface area contributed by atoms with Gasteiger partial charge < -0.3 is 29.1 Å². The van der Waals surface area contributed by atoms with Crippen molar-refractivity contribution in [1.29, 1.82) is 0 Å². The number of phenols is 1. The lowest BCUT2D eigenvalue weighted by Gasteiger charge is -2.10. The number of nitrogens with zero attached hydrogens (tertiary/aromatic N) is 2. The highest BCUT2D eigenvalue weighted by molar-refractivity contribution is 7.15. The molecule has 0 amide bonds. The molecule has 148 valence electrons. The molecule has 0 radical (unpaired) electrons. The van der Waals surface area contributed by atoms with E-state index in [9.17, 15) is 14.7 Å². The number of aliphatic imine (C=N–C) groups is 1. The zero-order valence-electron chi connectivity index (χ0n) is 15.8. The van der Waals surface area contributed by atoms with E-state index in [1.807, 2.05) is 30.3 Å². The predicted octanol–water partition coefficient (Wildman–Crippen LogP) is 0.961. The molecule has 1 heterocycles. The summed E-state index contributed by atoms with van der Waals surface area (Å²) in [7, 11) is 1.75. The number of hydrogen-bond acceptors (Lipinski definition) is 5. The first-order valence-electron chi connectivity index (χ1n) is 9.02. The van der Waals surface area contributed by atoms with Crippen LogP contribution >= 0.6 is 11.3 Å². The molecule has 0 aliphatic heterocycles. The van der Waals surface area contributed by atoms with Crippen molar-refractivity contribution in [3.8, 4) is 5.75 Å².